The van der Waals surface area contributed by atoms with Crippen molar-refractivity contribution >= 4 is 0 Å². The van der Waals surface area contributed by atoms with Crippen molar-refractivity contribution in [2.45, 2.75) is 58.7 Å². The number of ether oxygens (including phenoxy) is 1. The third-order valence-electron chi connectivity index (χ3n) is 3.27. The number of hydrogen-bond acceptors (Lipinski definition) is 3. The van der Waals surface area contributed by atoms with E-state index in [9.17, 15) is 0 Å². The van der Waals surface area contributed by atoms with Crippen LogP contribution in [-0.2, 0) is 4.74 Å². The lowest BCUT2D eigenvalue weighted by atomic mass is 10.2. The number of hydrogen-bond donors (Lipinski definition) is 1. The molecule has 16 heavy (non-hydrogen) atoms. The zero-order valence-electron chi connectivity index (χ0n) is 11.3. The van der Waals surface area contributed by atoms with Crippen LogP contribution in [-0.4, -0.2) is 49.3 Å². The monoisotopic (exact) mass is 228 g/mol. The molecule has 0 saturated carbocycles. The Morgan fingerprint density at radius 1 is 1.25 bits per heavy atom. The van der Waals surface area contributed by atoms with Gasteiger partial charge in [0.1, 0.15) is 0 Å². The first kappa shape index (κ1) is 13.9. The van der Waals surface area contributed by atoms with Crippen molar-refractivity contribution in [2.24, 2.45) is 0 Å². The van der Waals surface area contributed by atoms with E-state index in [0.29, 0.717) is 18.2 Å². The molecule has 0 aromatic rings. The van der Waals surface area contributed by atoms with E-state index in [1.807, 2.05) is 0 Å². The van der Waals surface area contributed by atoms with E-state index < -0.39 is 0 Å². The molecule has 1 N–H and O–H groups in total. The minimum absolute atomic E-state index is 0.464. The predicted molar refractivity (Wildman–Crippen MR) is 68.8 cm³/mol. The Labute approximate surface area is 101 Å². The Balaban J connectivity index is 2.08. The molecule has 0 bridgehead atoms. The second kappa shape index (κ2) is 7.25. The summed E-state index contributed by atoms with van der Waals surface area (Å²) in [5.41, 5.74) is 0. The topological polar surface area (TPSA) is 24.5 Å². The molecule has 1 fully saturated rings. The van der Waals surface area contributed by atoms with E-state index in [4.69, 9.17) is 4.74 Å². The first-order chi connectivity index (χ1) is 7.61. The molecular formula is C13H28N2O. The van der Waals surface area contributed by atoms with Gasteiger partial charge in [-0.05, 0) is 40.5 Å². The van der Waals surface area contributed by atoms with Gasteiger partial charge in [-0.25, -0.2) is 0 Å². The Bertz CT molecular complexity index is 169. The van der Waals surface area contributed by atoms with Crippen molar-refractivity contribution in [1.29, 1.82) is 0 Å². The quantitative estimate of drug-likeness (QED) is 0.673. The molecular weight excluding hydrogens is 200 g/mol. The summed E-state index contributed by atoms with van der Waals surface area (Å²) in [6.07, 6.45) is 2.92. The standard InChI is InChI=1S/C13H28N2O/c1-11(2)15(12(3)4)8-7-14-10-13-6-5-9-16-13/h11-14H,5-10H2,1-4H3. The van der Waals surface area contributed by atoms with E-state index in [0.717, 1.165) is 26.2 Å². The fraction of sp³-hybridized carbons (Fsp3) is 1.00. The Morgan fingerprint density at radius 3 is 2.44 bits per heavy atom. The summed E-state index contributed by atoms with van der Waals surface area (Å²) in [7, 11) is 0. The highest BCUT2D eigenvalue weighted by Crippen LogP contribution is 2.10. The number of nitrogens with zero attached hydrogens (tertiary/aromatic N) is 1. The molecule has 3 nitrogen and oxygen atoms in total. The van der Waals surface area contributed by atoms with Crippen LogP contribution < -0.4 is 5.32 Å². The summed E-state index contributed by atoms with van der Waals surface area (Å²) in [6, 6.07) is 1.26. The Morgan fingerprint density at radius 2 is 1.94 bits per heavy atom. The lowest BCUT2D eigenvalue weighted by molar-refractivity contribution is 0.107. The van der Waals surface area contributed by atoms with E-state index in [1.54, 1.807) is 0 Å². The minimum Gasteiger partial charge on any atom is -0.377 e. The Kier molecular flexibility index (Phi) is 6.32. The van der Waals surface area contributed by atoms with Gasteiger partial charge in [0.05, 0.1) is 6.10 Å². The molecule has 1 unspecified atom stereocenters. The van der Waals surface area contributed by atoms with Gasteiger partial charge in [0.15, 0.2) is 0 Å². The van der Waals surface area contributed by atoms with Crippen molar-refractivity contribution in [2.75, 3.05) is 26.2 Å². The fourth-order valence-electron chi connectivity index (χ4n) is 2.39. The second-order valence-electron chi connectivity index (χ2n) is 5.26. The third kappa shape index (κ3) is 4.81. The summed E-state index contributed by atoms with van der Waals surface area (Å²) in [5, 5.41) is 3.50. The van der Waals surface area contributed by atoms with Gasteiger partial charge < -0.3 is 10.1 Å². The van der Waals surface area contributed by atoms with Gasteiger partial charge in [-0.1, -0.05) is 0 Å². The van der Waals surface area contributed by atoms with Crippen LogP contribution in [0.1, 0.15) is 40.5 Å². The average molecular weight is 228 g/mol. The van der Waals surface area contributed by atoms with Crippen LogP contribution in [0, 0.1) is 0 Å². The largest absolute Gasteiger partial charge is 0.377 e. The maximum Gasteiger partial charge on any atom is 0.0700 e. The van der Waals surface area contributed by atoms with Crippen LogP contribution in [0.25, 0.3) is 0 Å². The van der Waals surface area contributed by atoms with Crippen molar-refractivity contribution < 1.29 is 4.74 Å². The molecule has 1 atom stereocenters. The highest BCUT2D eigenvalue weighted by Gasteiger charge is 2.15. The zero-order chi connectivity index (χ0) is 12.0. The third-order valence-corrected chi connectivity index (χ3v) is 3.27. The summed E-state index contributed by atoms with van der Waals surface area (Å²) in [4.78, 5) is 2.52. The smallest absolute Gasteiger partial charge is 0.0700 e. The molecule has 0 radical (unpaired) electrons. The maximum absolute atomic E-state index is 5.58. The molecule has 3 heteroatoms. The average Bonchev–Trinajstić information content (AvgIpc) is 2.68. The van der Waals surface area contributed by atoms with Gasteiger partial charge in [0, 0.05) is 38.3 Å². The van der Waals surface area contributed by atoms with Gasteiger partial charge in [-0.2, -0.15) is 0 Å². The van der Waals surface area contributed by atoms with Crippen molar-refractivity contribution in [3.8, 4) is 0 Å². The van der Waals surface area contributed by atoms with Gasteiger partial charge in [-0.15, -0.1) is 0 Å². The van der Waals surface area contributed by atoms with Crippen LogP contribution in [0.4, 0.5) is 0 Å². The van der Waals surface area contributed by atoms with Crippen molar-refractivity contribution in [1.82, 2.24) is 10.2 Å². The fourth-order valence-corrected chi connectivity index (χ4v) is 2.39. The normalized spacial score (nSPS) is 21.6. The molecule has 1 heterocycles. The highest BCUT2D eigenvalue weighted by atomic mass is 16.5. The molecule has 96 valence electrons. The molecule has 0 aliphatic carbocycles. The van der Waals surface area contributed by atoms with Gasteiger partial charge in [0.25, 0.3) is 0 Å². The molecule has 0 spiro atoms. The number of nitrogens with one attached hydrogen (secondary N) is 1. The zero-order valence-corrected chi connectivity index (χ0v) is 11.3. The predicted octanol–water partition coefficient (Wildman–Crippen LogP) is 1.87. The molecule has 0 aromatic carbocycles. The van der Waals surface area contributed by atoms with Crippen molar-refractivity contribution in [3.63, 3.8) is 0 Å². The first-order valence-electron chi connectivity index (χ1n) is 6.69. The van der Waals surface area contributed by atoms with Gasteiger partial charge in [0.2, 0.25) is 0 Å². The van der Waals surface area contributed by atoms with E-state index >= 15 is 0 Å². The summed E-state index contributed by atoms with van der Waals surface area (Å²) in [5.74, 6) is 0. The lowest BCUT2D eigenvalue weighted by Gasteiger charge is -2.30. The molecule has 1 aliphatic heterocycles. The van der Waals surface area contributed by atoms with E-state index in [1.165, 1.54) is 12.8 Å². The number of rotatable bonds is 7. The van der Waals surface area contributed by atoms with E-state index in [2.05, 4.69) is 37.9 Å². The van der Waals surface area contributed by atoms with Crippen LogP contribution in [0.2, 0.25) is 0 Å². The lowest BCUT2D eigenvalue weighted by Crippen LogP contribution is -2.42. The second-order valence-corrected chi connectivity index (χ2v) is 5.26. The molecule has 1 saturated heterocycles. The molecule has 0 amide bonds. The maximum atomic E-state index is 5.58. The summed E-state index contributed by atoms with van der Waals surface area (Å²) >= 11 is 0. The summed E-state index contributed by atoms with van der Waals surface area (Å²) in [6.45, 7) is 13.2. The highest BCUT2D eigenvalue weighted by molar-refractivity contribution is 4.71. The summed E-state index contributed by atoms with van der Waals surface area (Å²) < 4.78 is 5.58. The van der Waals surface area contributed by atoms with Crippen LogP contribution in [0.5, 0.6) is 0 Å². The SMILES string of the molecule is CC(C)N(CCNCC1CCCO1)C(C)C. The van der Waals surface area contributed by atoms with Gasteiger partial charge >= 0.3 is 0 Å². The molecule has 0 aromatic heterocycles. The van der Waals surface area contributed by atoms with Crippen molar-refractivity contribution in [3.05, 3.63) is 0 Å². The van der Waals surface area contributed by atoms with Crippen LogP contribution in [0.3, 0.4) is 0 Å². The van der Waals surface area contributed by atoms with Crippen LogP contribution >= 0.6 is 0 Å². The van der Waals surface area contributed by atoms with Gasteiger partial charge in [-0.3, -0.25) is 4.90 Å². The molecule has 1 aliphatic rings. The molecule has 1 rings (SSSR count). The minimum atomic E-state index is 0.464. The van der Waals surface area contributed by atoms with E-state index in [-0.39, 0.29) is 0 Å². The Hall–Kier alpha value is -0.120. The first-order valence-corrected chi connectivity index (χ1v) is 6.69. The van der Waals surface area contributed by atoms with Crippen LogP contribution in [0.15, 0.2) is 0 Å².